The van der Waals surface area contributed by atoms with Crippen LogP contribution in [0, 0.1) is 0 Å². The molecule has 1 aliphatic carbocycles. The van der Waals surface area contributed by atoms with Crippen LogP contribution in [0.4, 0.5) is 5.82 Å². The molecule has 0 aromatic carbocycles. The summed E-state index contributed by atoms with van der Waals surface area (Å²) in [6, 6.07) is 4.75. The van der Waals surface area contributed by atoms with Gasteiger partial charge in [-0.3, -0.25) is 0 Å². The van der Waals surface area contributed by atoms with Gasteiger partial charge < -0.3 is 15.0 Å². The molecule has 0 spiro atoms. The van der Waals surface area contributed by atoms with Crippen molar-refractivity contribution < 1.29 is 4.74 Å². The molecule has 2 aliphatic rings. The number of ether oxygens (including phenoxy) is 1. The summed E-state index contributed by atoms with van der Waals surface area (Å²) < 4.78 is 5.92. The van der Waals surface area contributed by atoms with Gasteiger partial charge in [-0.25, -0.2) is 4.98 Å². The second-order valence-electron chi connectivity index (χ2n) is 7.19. The summed E-state index contributed by atoms with van der Waals surface area (Å²) in [7, 11) is 0. The molecule has 0 bridgehead atoms. The number of anilines is 1. The van der Waals surface area contributed by atoms with Crippen LogP contribution in [0.1, 0.15) is 45.6 Å². The fraction of sp³-hybridized carbons (Fsp3) is 0.706. The lowest BCUT2D eigenvalue weighted by Gasteiger charge is -2.39. The van der Waals surface area contributed by atoms with Crippen molar-refractivity contribution in [3.63, 3.8) is 0 Å². The molecule has 2 heterocycles. The first-order chi connectivity index (χ1) is 10.0. The first kappa shape index (κ1) is 14.8. The van der Waals surface area contributed by atoms with Gasteiger partial charge in [0.25, 0.3) is 0 Å². The summed E-state index contributed by atoms with van der Waals surface area (Å²) in [5.74, 6) is 1.15. The minimum Gasteiger partial charge on any atom is -0.374 e. The zero-order chi connectivity index (χ0) is 14.9. The summed E-state index contributed by atoms with van der Waals surface area (Å²) in [4.78, 5) is 7.18. The number of fused-ring (bicyclic) bond motifs is 1. The molecule has 4 heteroatoms. The summed E-state index contributed by atoms with van der Waals surface area (Å²) >= 11 is 0. The van der Waals surface area contributed by atoms with Crippen LogP contribution in [0.25, 0.3) is 0 Å². The van der Waals surface area contributed by atoms with Gasteiger partial charge in [0.2, 0.25) is 0 Å². The molecule has 2 atom stereocenters. The largest absolute Gasteiger partial charge is 0.374 e. The molecule has 21 heavy (non-hydrogen) atoms. The van der Waals surface area contributed by atoms with Gasteiger partial charge in [-0.1, -0.05) is 6.07 Å². The third kappa shape index (κ3) is 3.38. The van der Waals surface area contributed by atoms with E-state index in [1.165, 1.54) is 24.8 Å². The van der Waals surface area contributed by atoms with Gasteiger partial charge in [0, 0.05) is 30.4 Å². The van der Waals surface area contributed by atoms with Crippen LogP contribution < -0.4 is 10.2 Å². The Morgan fingerprint density at radius 3 is 3.05 bits per heavy atom. The number of aromatic nitrogens is 1. The number of pyridine rings is 1. The third-order valence-corrected chi connectivity index (χ3v) is 4.43. The summed E-state index contributed by atoms with van der Waals surface area (Å²) in [6.45, 7) is 9.24. The van der Waals surface area contributed by atoms with Crippen molar-refractivity contribution in [1.29, 1.82) is 0 Å². The van der Waals surface area contributed by atoms with E-state index in [2.05, 4.69) is 37.1 Å². The van der Waals surface area contributed by atoms with Crippen LogP contribution in [-0.2, 0) is 11.3 Å². The van der Waals surface area contributed by atoms with E-state index in [-0.39, 0.29) is 5.54 Å². The van der Waals surface area contributed by atoms with E-state index < -0.39 is 0 Å². The standard InChI is InChI=1S/C17H27N3O/c1-17(2,3)19-12-13-6-5-9-18-16(13)20-10-11-21-15-8-4-7-14(15)20/h5-6,9,14-15,19H,4,7-8,10-12H2,1-3H3. The minimum absolute atomic E-state index is 0.119. The lowest BCUT2D eigenvalue weighted by Crippen LogP contribution is -2.49. The Hall–Kier alpha value is -1.13. The van der Waals surface area contributed by atoms with E-state index in [4.69, 9.17) is 9.72 Å². The average Bonchev–Trinajstić information content (AvgIpc) is 2.93. The quantitative estimate of drug-likeness (QED) is 0.928. The van der Waals surface area contributed by atoms with Crippen molar-refractivity contribution in [2.45, 2.75) is 64.3 Å². The van der Waals surface area contributed by atoms with Gasteiger partial charge in [0.1, 0.15) is 5.82 Å². The molecule has 116 valence electrons. The molecule has 0 amide bonds. The van der Waals surface area contributed by atoms with Crippen molar-refractivity contribution >= 4 is 5.82 Å². The topological polar surface area (TPSA) is 37.4 Å². The Bertz CT molecular complexity index is 483. The zero-order valence-corrected chi connectivity index (χ0v) is 13.4. The second kappa shape index (κ2) is 5.93. The van der Waals surface area contributed by atoms with Gasteiger partial charge in [-0.15, -0.1) is 0 Å². The molecule has 4 nitrogen and oxygen atoms in total. The fourth-order valence-electron chi connectivity index (χ4n) is 3.38. The lowest BCUT2D eigenvalue weighted by atomic mass is 10.1. The highest BCUT2D eigenvalue weighted by Gasteiger charge is 2.37. The summed E-state index contributed by atoms with van der Waals surface area (Å²) in [5.41, 5.74) is 1.41. The molecule has 3 rings (SSSR count). The molecule has 1 N–H and O–H groups in total. The lowest BCUT2D eigenvalue weighted by molar-refractivity contribution is 0.0252. The molecule has 2 fully saturated rings. The van der Waals surface area contributed by atoms with Crippen molar-refractivity contribution in [1.82, 2.24) is 10.3 Å². The fourth-order valence-corrected chi connectivity index (χ4v) is 3.38. The van der Waals surface area contributed by atoms with Gasteiger partial charge in [-0.2, -0.15) is 0 Å². The van der Waals surface area contributed by atoms with Crippen molar-refractivity contribution in [2.24, 2.45) is 0 Å². The Labute approximate surface area is 127 Å². The van der Waals surface area contributed by atoms with Gasteiger partial charge in [0.15, 0.2) is 0 Å². The first-order valence-electron chi connectivity index (χ1n) is 8.12. The van der Waals surface area contributed by atoms with Crippen LogP contribution in [0.2, 0.25) is 0 Å². The smallest absolute Gasteiger partial charge is 0.133 e. The number of nitrogens with zero attached hydrogens (tertiary/aromatic N) is 2. The molecule has 1 aliphatic heterocycles. The van der Waals surface area contributed by atoms with Crippen molar-refractivity contribution in [3.05, 3.63) is 23.9 Å². The number of hydrogen-bond acceptors (Lipinski definition) is 4. The number of rotatable bonds is 3. The SMILES string of the molecule is CC(C)(C)NCc1cccnc1N1CCOC2CCCC21. The second-order valence-corrected chi connectivity index (χ2v) is 7.19. The Morgan fingerprint density at radius 2 is 2.24 bits per heavy atom. The van der Waals surface area contributed by atoms with Crippen LogP contribution >= 0.6 is 0 Å². The monoisotopic (exact) mass is 289 g/mol. The Balaban J connectivity index is 1.81. The van der Waals surface area contributed by atoms with Gasteiger partial charge in [0.05, 0.1) is 18.8 Å². The molecule has 1 aromatic heterocycles. The van der Waals surface area contributed by atoms with Crippen molar-refractivity contribution in [2.75, 3.05) is 18.1 Å². The Morgan fingerprint density at radius 1 is 1.38 bits per heavy atom. The molecular weight excluding hydrogens is 262 g/mol. The molecular formula is C17H27N3O. The number of nitrogens with one attached hydrogen (secondary N) is 1. The van der Waals surface area contributed by atoms with Crippen LogP contribution in [0.3, 0.4) is 0 Å². The summed E-state index contributed by atoms with van der Waals surface area (Å²) in [6.07, 6.45) is 6.02. The van der Waals surface area contributed by atoms with Gasteiger partial charge >= 0.3 is 0 Å². The third-order valence-electron chi connectivity index (χ3n) is 4.43. The maximum absolute atomic E-state index is 5.92. The molecule has 1 saturated carbocycles. The average molecular weight is 289 g/mol. The Kier molecular flexibility index (Phi) is 4.18. The minimum atomic E-state index is 0.119. The maximum atomic E-state index is 5.92. The normalized spacial score (nSPS) is 26.0. The van der Waals surface area contributed by atoms with E-state index in [1.807, 2.05) is 12.3 Å². The highest BCUT2D eigenvalue weighted by atomic mass is 16.5. The van der Waals surface area contributed by atoms with Crippen molar-refractivity contribution in [3.8, 4) is 0 Å². The molecule has 1 saturated heterocycles. The van der Waals surface area contributed by atoms with E-state index in [1.54, 1.807) is 0 Å². The zero-order valence-electron chi connectivity index (χ0n) is 13.4. The highest BCUT2D eigenvalue weighted by Crippen LogP contribution is 2.33. The molecule has 0 radical (unpaired) electrons. The van der Waals surface area contributed by atoms with Gasteiger partial charge in [-0.05, 0) is 46.1 Å². The molecule has 2 unspecified atom stereocenters. The molecule has 1 aromatic rings. The predicted molar refractivity (Wildman–Crippen MR) is 85.6 cm³/mol. The van der Waals surface area contributed by atoms with Crippen LogP contribution in [0.5, 0.6) is 0 Å². The van der Waals surface area contributed by atoms with Crippen LogP contribution in [-0.4, -0.2) is 35.8 Å². The summed E-state index contributed by atoms with van der Waals surface area (Å²) in [5, 5.41) is 3.58. The van der Waals surface area contributed by atoms with E-state index in [9.17, 15) is 0 Å². The van der Waals surface area contributed by atoms with E-state index in [0.717, 1.165) is 25.5 Å². The highest BCUT2D eigenvalue weighted by molar-refractivity contribution is 5.48. The maximum Gasteiger partial charge on any atom is 0.133 e. The van der Waals surface area contributed by atoms with E-state index in [0.29, 0.717) is 12.1 Å². The van der Waals surface area contributed by atoms with Crippen LogP contribution in [0.15, 0.2) is 18.3 Å². The first-order valence-corrected chi connectivity index (χ1v) is 8.12. The number of hydrogen-bond donors (Lipinski definition) is 1. The predicted octanol–water partition coefficient (Wildman–Crippen LogP) is 2.73. The number of morpholine rings is 1. The van der Waals surface area contributed by atoms with E-state index >= 15 is 0 Å².